The van der Waals surface area contributed by atoms with E-state index < -0.39 is 9.84 Å². The largest absolute Gasteiger partial charge is 0.378 e. The highest BCUT2D eigenvalue weighted by Crippen LogP contribution is 2.55. The molecule has 0 aliphatic heterocycles. The Labute approximate surface area is 123 Å². The summed E-state index contributed by atoms with van der Waals surface area (Å²) in [6.45, 7) is 3.49. The third-order valence-electron chi connectivity index (χ3n) is 5.24. The Balaban J connectivity index is 2.00. The molecular formula is C15H29NO3S. The molecule has 20 heavy (non-hydrogen) atoms. The zero-order valence-electron chi connectivity index (χ0n) is 13.1. The Morgan fingerprint density at radius 3 is 2.45 bits per heavy atom. The van der Waals surface area contributed by atoms with Crippen LogP contribution in [0.5, 0.6) is 0 Å². The van der Waals surface area contributed by atoms with Crippen LogP contribution in [0.25, 0.3) is 0 Å². The Morgan fingerprint density at radius 1 is 1.25 bits per heavy atom. The summed E-state index contributed by atoms with van der Waals surface area (Å²) in [5.41, 5.74) is 0.292. The van der Waals surface area contributed by atoms with Crippen molar-refractivity contribution in [3.8, 4) is 0 Å². The molecule has 118 valence electrons. The van der Waals surface area contributed by atoms with Gasteiger partial charge in [0.2, 0.25) is 0 Å². The maximum Gasteiger partial charge on any atom is 0.148 e. The minimum atomic E-state index is -2.88. The fraction of sp³-hybridized carbons (Fsp3) is 1.00. The number of rotatable bonds is 6. The van der Waals surface area contributed by atoms with E-state index in [2.05, 4.69) is 18.9 Å². The highest BCUT2D eigenvalue weighted by Gasteiger charge is 2.56. The van der Waals surface area contributed by atoms with Gasteiger partial charge in [-0.2, -0.15) is 0 Å². The lowest BCUT2D eigenvalue weighted by Crippen LogP contribution is -2.65. The second-order valence-electron chi connectivity index (χ2n) is 6.60. The van der Waals surface area contributed by atoms with Crippen molar-refractivity contribution in [3.63, 3.8) is 0 Å². The fourth-order valence-electron chi connectivity index (χ4n) is 4.11. The van der Waals surface area contributed by atoms with Crippen molar-refractivity contribution in [2.75, 3.05) is 32.2 Å². The molecule has 2 atom stereocenters. The van der Waals surface area contributed by atoms with Crippen LogP contribution in [-0.2, 0) is 14.6 Å². The van der Waals surface area contributed by atoms with Crippen LogP contribution < -0.4 is 0 Å². The van der Waals surface area contributed by atoms with E-state index in [1.807, 2.05) is 0 Å². The van der Waals surface area contributed by atoms with Crippen LogP contribution in [0.15, 0.2) is 0 Å². The predicted molar refractivity (Wildman–Crippen MR) is 81.7 cm³/mol. The number of hydrogen-bond donors (Lipinski definition) is 0. The van der Waals surface area contributed by atoms with Gasteiger partial charge in [0.25, 0.3) is 0 Å². The van der Waals surface area contributed by atoms with E-state index in [0.717, 1.165) is 13.0 Å². The number of hydrogen-bond acceptors (Lipinski definition) is 4. The van der Waals surface area contributed by atoms with Crippen molar-refractivity contribution in [1.82, 2.24) is 4.90 Å². The quantitative estimate of drug-likeness (QED) is 0.754. The van der Waals surface area contributed by atoms with Gasteiger partial charge in [-0.05, 0) is 33.2 Å². The average molecular weight is 303 g/mol. The summed E-state index contributed by atoms with van der Waals surface area (Å²) in [7, 11) is -0.798. The minimum absolute atomic E-state index is 0.259. The van der Waals surface area contributed by atoms with Crippen molar-refractivity contribution < 1.29 is 13.2 Å². The first kappa shape index (κ1) is 16.2. The predicted octanol–water partition coefficient (Wildman–Crippen LogP) is 2.09. The molecule has 0 heterocycles. The summed E-state index contributed by atoms with van der Waals surface area (Å²) >= 11 is 0. The average Bonchev–Trinajstić information content (AvgIpc) is 2.40. The normalized spacial score (nSPS) is 29.6. The van der Waals surface area contributed by atoms with E-state index in [1.165, 1.54) is 38.4 Å². The summed E-state index contributed by atoms with van der Waals surface area (Å²) in [6, 6.07) is 0.501. The first-order valence-corrected chi connectivity index (χ1v) is 9.94. The minimum Gasteiger partial charge on any atom is -0.378 e. The molecule has 0 N–H and O–H groups in total. The summed E-state index contributed by atoms with van der Waals surface area (Å²) in [6.07, 6.45) is 9.17. The zero-order valence-corrected chi connectivity index (χ0v) is 13.9. The van der Waals surface area contributed by atoms with Gasteiger partial charge in [0, 0.05) is 30.9 Å². The molecule has 2 aliphatic rings. The Morgan fingerprint density at radius 2 is 1.90 bits per heavy atom. The highest BCUT2D eigenvalue weighted by molar-refractivity contribution is 7.90. The molecule has 2 unspecified atom stereocenters. The molecule has 0 bridgehead atoms. The molecule has 0 aromatic heterocycles. The zero-order chi connectivity index (χ0) is 14.8. The molecule has 0 aromatic rings. The van der Waals surface area contributed by atoms with Crippen molar-refractivity contribution in [1.29, 1.82) is 0 Å². The van der Waals surface area contributed by atoms with Gasteiger partial charge in [0.15, 0.2) is 0 Å². The van der Waals surface area contributed by atoms with Crippen molar-refractivity contribution in [2.24, 2.45) is 5.41 Å². The molecular weight excluding hydrogens is 274 g/mol. The number of sulfone groups is 1. The Kier molecular flexibility index (Phi) is 5.14. The molecule has 2 aliphatic carbocycles. The van der Waals surface area contributed by atoms with Gasteiger partial charge in [0.05, 0.1) is 11.9 Å². The second kappa shape index (κ2) is 6.32. The van der Waals surface area contributed by atoms with Gasteiger partial charge in [-0.15, -0.1) is 0 Å². The molecule has 5 heteroatoms. The van der Waals surface area contributed by atoms with Gasteiger partial charge >= 0.3 is 0 Å². The Hall–Kier alpha value is -0.130. The van der Waals surface area contributed by atoms with Gasteiger partial charge in [-0.1, -0.05) is 19.3 Å². The van der Waals surface area contributed by atoms with E-state index in [0.29, 0.717) is 24.1 Å². The summed E-state index contributed by atoms with van der Waals surface area (Å²) in [5, 5.41) is 0. The lowest BCUT2D eigenvalue weighted by atomic mass is 9.54. The fourth-order valence-corrected chi connectivity index (χ4v) is 4.73. The van der Waals surface area contributed by atoms with Crippen LogP contribution in [-0.4, -0.2) is 57.7 Å². The van der Waals surface area contributed by atoms with E-state index >= 15 is 0 Å². The highest BCUT2D eigenvalue weighted by atomic mass is 32.2. The molecule has 0 amide bonds. The van der Waals surface area contributed by atoms with Gasteiger partial charge in [0.1, 0.15) is 9.84 Å². The molecule has 2 saturated carbocycles. The summed E-state index contributed by atoms with van der Waals surface area (Å²) < 4.78 is 28.6. The third kappa shape index (κ3) is 3.37. The van der Waals surface area contributed by atoms with E-state index in [1.54, 1.807) is 0 Å². The molecule has 1 spiro atoms. The Bertz CT molecular complexity index is 415. The molecule has 0 aromatic carbocycles. The molecule has 0 radical (unpaired) electrons. The van der Waals surface area contributed by atoms with E-state index in [4.69, 9.17) is 4.74 Å². The number of nitrogens with zero attached hydrogens (tertiary/aromatic N) is 1. The SMILES string of the molecule is CCOC1CC(N(C)CCS(C)(=O)=O)C12CCCCC2. The third-order valence-corrected chi connectivity index (χ3v) is 6.17. The van der Waals surface area contributed by atoms with Gasteiger partial charge < -0.3 is 9.64 Å². The van der Waals surface area contributed by atoms with Crippen molar-refractivity contribution >= 4 is 9.84 Å². The van der Waals surface area contributed by atoms with Gasteiger partial charge in [-0.3, -0.25) is 0 Å². The monoisotopic (exact) mass is 303 g/mol. The van der Waals surface area contributed by atoms with Crippen LogP contribution in [0.4, 0.5) is 0 Å². The van der Waals surface area contributed by atoms with Crippen LogP contribution in [0.1, 0.15) is 45.4 Å². The molecule has 2 fully saturated rings. The van der Waals surface area contributed by atoms with Crippen molar-refractivity contribution in [2.45, 2.75) is 57.6 Å². The lowest BCUT2D eigenvalue weighted by Gasteiger charge is -2.60. The van der Waals surface area contributed by atoms with E-state index in [9.17, 15) is 8.42 Å². The van der Waals surface area contributed by atoms with Crippen LogP contribution in [0.2, 0.25) is 0 Å². The standard InChI is InChI=1S/C15H29NO3S/c1-4-19-14-12-13(15(14)8-6-5-7-9-15)16(2)10-11-20(3,17)18/h13-14H,4-12H2,1-3H3. The first-order chi connectivity index (χ1) is 9.39. The maximum absolute atomic E-state index is 11.3. The summed E-state index contributed by atoms with van der Waals surface area (Å²) in [4.78, 5) is 2.27. The van der Waals surface area contributed by atoms with E-state index in [-0.39, 0.29) is 5.75 Å². The maximum atomic E-state index is 11.3. The van der Waals surface area contributed by atoms with Crippen LogP contribution in [0, 0.1) is 5.41 Å². The second-order valence-corrected chi connectivity index (χ2v) is 8.86. The topological polar surface area (TPSA) is 46.6 Å². The van der Waals surface area contributed by atoms with Crippen LogP contribution in [0.3, 0.4) is 0 Å². The summed E-state index contributed by atoms with van der Waals surface area (Å²) in [5.74, 6) is 0.259. The van der Waals surface area contributed by atoms with Crippen molar-refractivity contribution in [3.05, 3.63) is 0 Å². The molecule has 4 nitrogen and oxygen atoms in total. The molecule has 0 saturated heterocycles. The smallest absolute Gasteiger partial charge is 0.148 e. The number of ether oxygens (including phenoxy) is 1. The van der Waals surface area contributed by atoms with Crippen LogP contribution >= 0.6 is 0 Å². The lowest BCUT2D eigenvalue weighted by molar-refractivity contribution is -0.177. The van der Waals surface area contributed by atoms with Gasteiger partial charge in [-0.25, -0.2) is 8.42 Å². The molecule has 2 rings (SSSR count). The first-order valence-electron chi connectivity index (χ1n) is 7.88.